The van der Waals surface area contributed by atoms with Gasteiger partial charge in [0.05, 0.1) is 19.3 Å². The molecule has 0 bridgehead atoms. The Hall–Kier alpha value is -4.04. The van der Waals surface area contributed by atoms with Crippen molar-refractivity contribution < 1.29 is 78.7 Å². The summed E-state index contributed by atoms with van der Waals surface area (Å²) in [7, 11) is 0. The Balaban J connectivity index is 0.000000430. The lowest BCUT2D eigenvalue weighted by Crippen LogP contribution is -2.56. The monoisotopic (exact) mass is 695 g/mol. The molecule has 2 saturated heterocycles. The van der Waals surface area contributed by atoms with Gasteiger partial charge in [-0.1, -0.05) is 12.1 Å². The minimum absolute atomic E-state index is 0.0981. The molecule has 0 saturated carbocycles. The first-order chi connectivity index (χ1) is 21.7. The number of carboxylic acid groups (broad SMARTS) is 3. The van der Waals surface area contributed by atoms with E-state index in [-0.39, 0.29) is 5.41 Å². The molecule has 0 spiro atoms. The van der Waals surface area contributed by atoms with Gasteiger partial charge in [-0.05, 0) is 42.5 Å². The second-order valence-electron chi connectivity index (χ2n) is 9.95. The molecule has 2 aromatic rings. The lowest BCUT2D eigenvalue weighted by Gasteiger charge is -2.50. The van der Waals surface area contributed by atoms with E-state index >= 15 is 0 Å². The Kier molecular flexibility index (Phi) is 16.0. The number of alkyl halides is 9. The summed E-state index contributed by atoms with van der Waals surface area (Å²) in [6, 6.07) is 8.19. The van der Waals surface area contributed by atoms with Gasteiger partial charge >= 0.3 is 36.4 Å². The number of ether oxygens (including phenoxy) is 2. The van der Waals surface area contributed by atoms with Gasteiger partial charge in [0.25, 0.3) is 0 Å². The average Bonchev–Trinajstić information content (AvgIpc) is 2.97. The van der Waals surface area contributed by atoms with E-state index in [2.05, 4.69) is 27.0 Å². The van der Waals surface area contributed by atoms with Crippen molar-refractivity contribution >= 4 is 17.9 Å². The Morgan fingerprint density at radius 2 is 1.32 bits per heavy atom. The molecule has 2 fully saturated rings. The highest BCUT2D eigenvalue weighted by atomic mass is 19.4. The standard InChI is InChI=1S/C21H27N3O2.3C2HF3O2/c1-4-18(12-22-8-1)14-24-10-6-20-21(16-24,7-3-11-26-20)17-25-15-19-5-2-9-23-13-19;3*3-2(4,5)1(6)7/h1-2,4-5,8-9,12-13,20H,3,6-7,10-11,14-17H2;3*(H,6,7). The lowest BCUT2D eigenvalue weighted by molar-refractivity contribution is -0.193. The quantitative estimate of drug-likeness (QED) is 0.351. The fraction of sp³-hybridized carbons (Fsp3) is 0.519. The maximum absolute atomic E-state index is 10.6. The van der Waals surface area contributed by atoms with Gasteiger partial charge in [-0.15, -0.1) is 0 Å². The third-order valence-electron chi connectivity index (χ3n) is 6.30. The summed E-state index contributed by atoms with van der Waals surface area (Å²) in [6.45, 7) is 5.30. The van der Waals surface area contributed by atoms with E-state index in [0.717, 1.165) is 51.3 Å². The minimum atomic E-state index is -5.08. The van der Waals surface area contributed by atoms with Crippen molar-refractivity contribution in [3.8, 4) is 0 Å². The zero-order chi connectivity index (χ0) is 35.9. The molecule has 0 amide bonds. The van der Waals surface area contributed by atoms with Crippen LogP contribution in [0.4, 0.5) is 39.5 Å². The van der Waals surface area contributed by atoms with Crippen molar-refractivity contribution in [1.82, 2.24) is 14.9 Å². The molecule has 0 aromatic carbocycles. The number of fused-ring (bicyclic) bond motifs is 1. The molecule has 47 heavy (non-hydrogen) atoms. The number of piperidine rings is 1. The highest BCUT2D eigenvalue weighted by Gasteiger charge is 2.46. The lowest BCUT2D eigenvalue weighted by atomic mass is 9.73. The van der Waals surface area contributed by atoms with Gasteiger partial charge in [0.1, 0.15) is 0 Å². The number of nitrogens with zero attached hydrogens (tertiary/aromatic N) is 3. The molecule has 4 rings (SSSR count). The van der Waals surface area contributed by atoms with Crippen molar-refractivity contribution in [3.63, 3.8) is 0 Å². The highest BCUT2D eigenvalue weighted by Crippen LogP contribution is 2.41. The Morgan fingerprint density at radius 3 is 1.74 bits per heavy atom. The molecule has 11 nitrogen and oxygen atoms in total. The zero-order valence-corrected chi connectivity index (χ0v) is 24.2. The van der Waals surface area contributed by atoms with Crippen LogP contribution in [0, 0.1) is 5.41 Å². The predicted molar refractivity (Wildman–Crippen MR) is 141 cm³/mol. The first kappa shape index (κ1) is 41.0. The SMILES string of the molecule is O=C(O)C(F)(F)F.O=C(O)C(F)(F)F.O=C(O)C(F)(F)F.c1cncc(COCC23CCCOC2CCN(Cc2cccnc2)C3)c1. The molecule has 2 aliphatic heterocycles. The van der Waals surface area contributed by atoms with E-state index in [1.54, 1.807) is 6.20 Å². The largest absolute Gasteiger partial charge is 0.490 e. The first-order valence-corrected chi connectivity index (χ1v) is 13.3. The van der Waals surface area contributed by atoms with Gasteiger partial charge in [0.2, 0.25) is 0 Å². The Morgan fingerprint density at radius 1 is 0.851 bits per heavy atom. The Labute approximate surface area is 260 Å². The van der Waals surface area contributed by atoms with E-state index in [4.69, 9.17) is 39.2 Å². The predicted octanol–water partition coefficient (Wildman–Crippen LogP) is 4.96. The molecular formula is C27H30F9N3O8. The first-order valence-electron chi connectivity index (χ1n) is 13.3. The van der Waals surface area contributed by atoms with Crippen LogP contribution in [0.15, 0.2) is 49.1 Å². The summed E-state index contributed by atoms with van der Waals surface area (Å²) in [5.41, 5.74) is 2.50. The number of aliphatic carboxylic acids is 3. The second-order valence-corrected chi connectivity index (χ2v) is 9.95. The number of likely N-dealkylation sites (tertiary alicyclic amines) is 1. The van der Waals surface area contributed by atoms with Gasteiger partial charge in [-0.25, -0.2) is 14.4 Å². The number of aromatic nitrogens is 2. The zero-order valence-electron chi connectivity index (χ0n) is 24.2. The van der Waals surface area contributed by atoms with Crippen LogP contribution in [0.2, 0.25) is 0 Å². The number of rotatable bonds is 6. The summed E-state index contributed by atoms with van der Waals surface area (Å²) in [5, 5.41) is 21.4. The average molecular weight is 696 g/mol. The normalized spacial score (nSPS) is 19.6. The van der Waals surface area contributed by atoms with Crippen LogP contribution in [-0.2, 0) is 37.0 Å². The topological polar surface area (TPSA) is 159 Å². The molecule has 0 radical (unpaired) electrons. The molecule has 2 aromatic heterocycles. The van der Waals surface area contributed by atoms with Gasteiger partial charge < -0.3 is 24.8 Å². The van der Waals surface area contributed by atoms with E-state index in [9.17, 15) is 39.5 Å². The number of carboxylic acids is 3. The fourth-order valence-corrected chi connectivity index (χ4v) is 4.33. The van der Waals surface area contributed by atoms with Crippen LogP contribution in [-0.4, -0.2) is 99.0 Å². The molecule has 2 aliphatic rings. The van der Waals surface area contributed by atoms with Crippen LogP contribution in [0.3, 0.4) is 0 Å². The maximum atomic E-state index is 10.6. The summed E-state index contributed by atoms with van der Waals surface area (Å²) in [6.07, 6.45) is -4.09. The number of carbonyl (C=O) groups is 3. The van der Waals surface area contributed by atoms with Crippen LogP contribution in [0.5, 0.6) is 0 Å². The van der Waals surface area contributed by atoms with E-state index in [1.165, 1.54) is 12.0 Å². The third-order valence-corrected chi connectivity index (χ3v) is 6.30. The van der Waals surface area contributed by atoms with Crippen molar-refractivity contribution in [2.75, 3.05) is 26.3 Å². The van der Waals surface area contributed by atoms with Crippen LogP contribution >= 0.6 is 0 Å². The number of hydrogen-bond acceptors (Lipinski definition) is 8. The van der Waals surface area contributed by atoms with Crippen molar-refractivity contribution in [1.29, 1.82) is 0 Å². The van der Waals surface area contributed by atoms with Crippen molar-refractivity contribution in [2.24, 2.45) is 5.41 Å². The van der Waals surface area contributed by atoms with Crippen LogP contribution in [0.25, 0.3) is 0 Å². The molecule has 264 valence electrons. The van der Waals surface area contributed by atoms with Crippen molar-refractivity contribution in [3.05, 3.63) is 60.2 Å². The second kappa shape index (κ2) is 18.3. The molecule has 3 N–H and O–H groups in total. The van der Waals surface area contributed by atoms with Crippen LogP contribution in [0.1, 0.15) is 30.4 Å². The molecule has 2 atom stereocenters. The summed E-state index contributed by atoms with van der Waals surface area (Å²) >= 11 is 0. The number of hydrogen-bond donors (Lipinski definition) is 3. The summed E-state index contributed by atoms with van der Waals surface area (Å²) < 4.78 is 108. The summed E-state index contributed by atoms with van der Waals surface area (Å²) in [5.74, 6) is -8.27. The van der Waals surface area contributed by atoms with Crippen LogP contribution < -0.4 is 0 Å². The number of pyridine rings is 2. The van der Waals surface area contributed by atoms with Gasteiger partial charge in [-0.2, -0.15) is 39.5 Å². The maximum Gasteiger partial charge on any atom is 0.490 e. The molecule has 4 heterocycles. The Bertz CT molecular complexity index is 1190. The van der Waals surface area contributed by atoms with E-state index in [1.807, 2.05) is 30.7 Å². The molecule has 2 unspecified atom stereocenters. The minimum Gasteiger partial charge on any atom is -0.475 e. The van der Waals surface area contributed by atoms with Gasteiger partial charge in [-0.3, -0.25) is 14.9 Å². The van der Waals surface area contributed by atoms with Crippen molar-refractivity contribution in [2.45, 2.75) is 57.0 Å². The van der Waals surface area contributed by atoms with Gasteiger partial charge in [0.15, 0.2) is 0 Å². The van der Waals surface area contributed by atoms with E-state index in [0.29, 0.717) is 12.7 Å². The number of halogens is 9. The highest BCUT2D eigenvalue weighted by molar-refractivity contribution is 5.73. The van der Waals surface area contributed by atoms with Gasteiger partial charge in [0, 0.05) is 56.4 Å². The molecule has 0 aliphatic carbocycles. The fourth-order valence-electron chi connectivity index (χ4n) is 4.33. The molecular weight excluding hydrogens is 665 g/mol. The smallest absolute Gasteiger partial charge is 0.475 e. The molecule has 20 heteroatoms. The third kappa shape index (κ3) is 15.9. The van der Waals surface area contributed by atoms with E-state index < -0.39 is 36.4 Å². The summed E-state index contributed by atoms with van der Waals surface area (Å²) in [4.78, 5) is 37.6.